The van der Waals surface area contributed by atoms with Crippen molar-refractivity contribution < 1.29 is 14.2 Å². The first kappa shape index (κ1) is 14.3. The Morgan fingerprint density at radius 3 is 2.47 bits per heavy atom. The molecule has 0 atom stereocenters. The molecule has 0 bridgehead atoms. The molecule has 1 aliphatic heterocycles. The molecule has 4 nitrogen and oxygen atoms in total. The van der Waals surface area contributed by atoms with Crippen molar-refractivity contribution in [1.29, 1.82) is 0 Å². The topological polar surface area (TPSA) is 53.7 Å². The van der Waals surface area contributed by atoms with E-state index in [0.717, 1.165) is 11.3 Å². The number of ether oxygens (including phenoxy) is 3. The summed E-state index contributed by atoms with van der Waals surface area (Å²) in [4.78, 5) is 0. The van der Waals surface area contributed by atoms with Gasteiger partial charge in [0, 0.05) is 0 Å². The molecule has 1 heterocycles. The van der Waals surface area contributed by atoms with Crippen LogP contribution in [-0.4, -0.2) is 26.4 Å². The maximum absolute atomic E-state index is 5.79. The Morgan fingerprint density at radius 1 is 1.32 bits per heavy atom. The zero-order valence-electron chi connectivity index (χ0n) is 12.1. The van der Waals surface area contributed by atoms with Gasteiger partial charge in [-0.25, -0.2) is 0 Å². The minimum atomic E-state index is -0.781. The van der Waals surface area contributed by atoms with Gasteiger partial charge in [-0.05, 0) is 30.5 Å². The summed E-state index contributed by atoms with van der Waals surface area (Å²) in [5.41, 5.74) is 7.93. The summed E-state index contributed by atoms with van der Waals surface area (Å²) in [6, 6.07) is 6.10. The van der Waals surface area contributed by atoms with Gasteiger partial charge in [-0.15, -0.1) is 0 Å². The van der Waals surface area contributed by atoms with Crippen molar-refractivity contribution in [1.82, 2.24) is 0 Å². The van der Waals surface area contributed by atoms with E-state index in [2.05, 4.69) is 19.9 Å². The van der Waals surface area contributed by atoms with Crippen LogP contribution in [0, 0.1) is 0 Å². The summed E-state index contributed by atoms with van der Waals surface area (Å²) in [5, 5.41) is 0. The normalized spacial score (nSPS) is 27.6. The standard InChI is InChI=1S/C15H23NO3/c1-10(2)11-5-6-13(14(7-11)17-4)15(3)18-8-12(16)9-19-15/h5-7,10,12H,8-9,16H2,1-4H3. The predicted octanol–water partition coefficient (Wildman–Crippen LogP) is 2.37. The van der Waals surface area contributed by atoms with Crippen LogP contribution in [0.2, 0.25) is 0 Å². The quantitative estimate of drug-likeness (QED) is 0.911. The highest BCUT2D eigenvalue weighted by Gasteiger charge is 2.36. The van der Waals surface area contributed by atoms with Crippen LogP contribution in [0.1, 0.15) is 37.8 Å². The number of hydrogen-bond donors (Lipinski definition) is 1. The molecule has 1 fully saturated rings. The molecule has 1 saturated heterocycles. The molecule has 4 heteroatoms. The fourth-order valence-corrected chi connectivity index (χ4v) is 2.22. The lowest BCUT2D eigenvalue weighted by Crippen LogP contribution is -2.46. The molecule has 19 heavy (non-hydrogen) atoms. The van der Waals surface area contributed by atoms with E-state index < -0.39 is 5.79 Å². The van der Waals surface area contributed by atoms with Crippen LogP contribution < -0.4 is 10.5 Å². The third kappa shape index (κ3) is 2.91. The third-order valence-electron chi connectivity index (χ3n) is 3.53. The second-order valence-corrected chi connectivity index (χ2v) is 5.44. The van der Waals surface area contributed by atoms with Crippen LogP contribution in [-0.2, 0) is 15.3 Å². The molecule has 0 amide bonds. The van der Waals surface area contributed by atoms with Crippen molar-refractivity contribution in [2.45, 2.75) is 38.5 Å². The van der Waals surface area contributed by atoms with Crippen LogP contribution in [0.25, 0.3) is 0 Å². The highest BCUT2D eigenvalue weighted by Crippen LogP contribution is 2.37. The largest absolute Gasteiger partial charge is 0.496 e. The van der Waals surface area contributed by atoms with Gasteiger partial charge in [-0.1, -0.05) is 19.9 Å². The molecule has 0 spiro atoms. The second kappa shape index (κ2) is 5.49. The zero-order chi connectivity index (χ0) is 14.0. The van der Waals surface area contributed by atoms with E-state index in [1.54, 1.807) is 7.11 Å². The van der Waals surface area contributed by atoms with E-state index in [4.69, 9.17) is 19.9 Å². The highest BCUT2D eigenvalue weighted by atomic mass is 16.7. The van der Waals surface area contributed by atoms with Crippen molar-refractivity contribution in [3.05, 3.63) is 29.3 Å². The maximum atomic E-state index is 5.79. The summed E-state index contributed by atoms with van der Waals surface area (Å²) < 4.78 is 17.0. The number of rotatable bonds is 3. The van der Waals surface area contributed by atoms with Crippen molar-refractivity contribution in [2.75, 3.05) is 20.3 Å². The zero-order valence-corrected chi connectivity index (χ0v) is 12.1. The Hall–Kier alpha value is -1.10. The Labute approximate surface area is 114 Å². The molecule has 0 radical (unpaired) electrons. The second-order valence-electron chi connectivity index (χ2n) is 5.44. The van der Waals surface area contributed by atoms with Crippen LogP contribution in [0.5, 0.6) is 5.75 Å². The molecular formula is C15H23NO3. The van der Waals surface area contributed by atoms with Crippen molar-refractivity contribution in [3.8, 4) is 5.75 Å². The summed E-state index contributed by atoms with van der Waals surface area (Å²) in [7, 11) is 1.67. The van der Waals surface area contributed by atoms with Gasteiger partial charge < -0.3 is 19.9 Å². The molecule has 0 saturated carbocycles. The van der Waals surface area contributed by atoms with Gasteiger partial charge in [0.05, 0.1) is 31.9 Å². The third-order valence-corrected chi connectivity index (χ3v) is 3.53. The first-order chi connectivity index (χ1) is 8.96. The molecule has 106 valence electrons. The van der Waals surface area contributed by atoms with E-state index in [1.807, 2.05) is 19.1 Å². The lowest BCUT2D eigenvalue weighted by Gasteiger charge is -2.37. The van der Waals surface area contributed by atoms with E-state index in [9.17, 15) is 0 Å². The van der Waals surface area contributed by atoms with Gasteiger partial charge >= 0.3 is 0 Å². The van der Waals surface area contributed by atoms with Crippen LogP contribution in [0.3, 0.4) is 0 Å². The van der Waals surface area contributed by atoms with Crippen LogP contribution >= 0.6 is 0 Å². The predicted molar refractivity (Wildman–Crippen MR) is 74.3 cm³/mol. The first-order valence-corrected chi connectivity index (χ1v) is 6.68. The summed E-state index contributed by atoms with van der Waals surface area (Å²) in [6.07, 6.45) is 0. The molecule has 0 aliphatic carbocycles. The Balaban J connectivity index is 2.33. The van der Waals surface area contributed by atoms with Crippen LogP contribution in [0.4, 0.5) is 0 Å². The summed E-state index contributed by atoms with van der Waals surface area (Å²) >= 11 is 0. The Morgan fingerprint density at radius 2 is 1.95 bits per heavy atom. The minimum absolute atomic E-state index is 0.0611. The van der Waals surface area contributed by atoms with Gasteiger partial charge in [0.15, 0.2) is 5.79 Å². The lowest BCUT2D eigenvalue weighted by molar-refractivity contribution is -0.270. The van der Waals surface area contributed by atoms with Crippen molar-refractivity contribution in [2.24, 2.45) is 5.73 Å². The number of hydrogen-bond acceptors (Lipinski definition) is 4. The molecular weight excluding hydrogens is 242 g/mol. The molecule has 1 aromatic carbocycles. The number of nitrogens with two attached hydrogens (primary N) is 1. The Kier molecular flexibility index (Phi) is 4.13. The van der Waals surface area contributed by atoms with E-state index in [0.29, 0.717) is 19.1 Å². The fraction of sp³-hybridized carbons (Fsp3) is 0.600. The van der Waals surface area contributed by atoms with Gasteiger partial charge in [0.2, 0.25) is 0 Å². The number of benzene rings is 1. The van der Waals surface area contributed by atoms with E-state index in [-0.39, 0.29) is 6.04 Å². The average Bonchev–Trinajstić information content (AvgIpc) is 2.41. The molecule has 1 aromatic rings. The minimum Gasteiger partial charge on any atom is -0.496 e. The van der Waals surface area contributed by atoms with Crippen molar-refractivity contribution in [3.63, 3.8) is 0 Å². The van der Waals surface area contributed by atoms with Gasteiger partial charge in [-0.3, -0.25) is 0 Å². The summed E-state index contributed by atoms with van der Waals surface area (Å²) in [6.45, 7) is 7.20. The monoisotopic (exact) mass is 265 g/mol. The molecule has 1 aliphatic rings. The summed E-state index contributed by atoms with van der Waals surface area (Å²) in [5.74, 6) is 0.470. The number of methoxy groups -OCH3 is 1. The molecule has 0 aromatic heterocycles. The lowest BCUT2D eigenvalue weighted by atomic mass is 9.97. The van der Waals surface area contributed by atoms with E-state index in [1.165, 1.54) is 5.56 Å². The highest BCUT2D eigenvalue weighted by molar-refractivity contribution is 5.41. The maximum Gasteiger partial charge on any atom is 0.195 e. The smallest absolute Gasteiger partial charge is 0.195 e. The fourth-order valence-electron chi connectivity index (χ4n) is 2.22. The first-order valence-electron chi connectivity index (χ1n) is 6.68. The van der Waals surface area contributed by atoms with Crippen LogP contribution in [0.15, 0.2) is 18.2 Å². The van der Waals surface area contributed by atoms with Gasteiger partial charge in [-0.2, -0.15) is 0 Å². The SMILES string of the molecule is COc1cc(C(C)C)ccc1C1(C)OCC(N)CO1. The average molecular weight is 265 g/mol. The Bertz CT molecular complexity index is 437. The van der Waals surface area contributed by atoms with Gasteiger partial charge in [0.1, 0.15) is 5.75 Å². The molecule has 2 N–H and O–H groups in total. The van der Waals surface area contributed by atoms with Gasteiger partial charge in [0.25, 0.3) is 0 Å². The molecule has 0 unspecified atom stereocenters. The van der Waals surface area contributed by atoms with E-state index >= 15 is 0 Å². The van der Waals surface area contributed by atoms with Crippen molar-refractivity contribution >= 4 is 0 Å². The molecule has 2 rings (SSSR count).